The van der Waals surface area contributed by atoms with Crippen molar-refractivity contribution >= 4 is 11.8 Å². The third kappa shape index (κ3) is 1.73. The fraction of sp³-hybridized carbons (Fsp3) is 0.818. The van der Waals surface area contributed by atoms with E-state index in [1.54, 1.807) is 0 Å². The lowest BCUT2D eigenvalue weighted by atomic mass is 9.91. The number of hydrogen-bond donors (Lipinski definition) is 1. The number of piperazine rings is 1. The lowest BCUT2D eigenvalue weighted by molar-refractivity contribution is -0.151. The Morgan fingerprint density at radius 3 is 2.80 bits per heavy atom. The van der Waals surface area contributed by atoms with Crippen molar-refractivity contribution in [3.63, 3.8) is 0 Å². The van der Waals surface area contributed by atoms with Crippen molar-refractivity contribution < 1.29 is 9.59 Å². The highest BCUT2D eigenvalue weighted by atomic mass is 16.2. The van der Waals surface area contributed by atoms with Gasteiger partial charge in [0.05, 0.1) is 6.04 Å². The molecule has 1 N–H and O–H groups in total. The van der Waals surface area contributed by atoms with Crippen LogP contribution in [0, 0.1) is 5.92 Å². The monoisotopic (exact) mass is 210 g/mol. The predicted octanol–water partition coefficient (Wildman–Crippen LogP) is 0.522. The number of nitrogens with one attached hydrogen (secondary N) is 1. The summed E-state index contributed by atoms with van der Waals surface area (Å²) in [4.78, 5) is 25.3. The van der Waals surface area contributed by atoms with Gasteiger partial charge in [0, 0.05) is 13.0 Å². The molecule has 84 valence electrons. The molecule has 2 heterocycles. The Labute approximate surface area is 90.0 Å². The average Bonchev–Trinajstić information content (AvgIpc) is 2.19. The summed E-state index contributed by atoms with van der Waals surface area (Å²) in [7, 11) is 0. The summed E-state index contributed by atoms with van der Waals surface area (Å²) in [6, 6.07) is -0.0205. The van der Waals surface area contributed by atoms with E-state index in [-0.39, 0.29) is 23.9 Å². The van der Waals surface area contributed by atoms with Crippen molar-refractivity contribution in [3.8, 4) is 0 Å². The van der Waals surface area contributed by atoms with E-state index in [0.29, 0.717) is 18.9 Å². The highest BCUT2D eigenvalue weighted by Crippen LogP contribution is 2.26. The number of nitrogens with zero attached hydrogens (tertiary/aromatic N) is 1. The lowest BCUT2D eigenvalue weighted by Crippen LogP contribution is -2.65. The molecule has 2 unspecified atom stereocenters. The molecule has 0 aromatic rings. The van der Waals surface area contributed by atoms with Crippen LogP contribution in [-0.4, -0.2) is 35.3 Å². The third-order valence-corrected chi connectivity index (χ3v) is 3.41. The number of rotatable bonds is 1. The minimum Gasteiger partial charge on any atom is -0.352 e. The fourth-order valence-electron chi connectivity index (χ4n) is 2.54. The first-order valence-corrected chi connectivity index (χ1v) is 5.70. The minimum atomic E-state index is -0.201. The van der Waals surface area contributed by atoms with Crippen LogP contribution in [0.4, 0.5) is 0 Å². The van der Waals surface area contributed by atoms with Crippen molar-refractivity contribution in [1.82, 2.24) is 10.2 Å². The molecular weight excluding hydrogens is 192 g/mol. The first-order valence-electron chi connectivity index (χ1n) is 5.70. The number of carbonyl (C=O) groups is 2. The SMILES string of the molecule is CC(C)C1CNC(=O)C2CCCC(=O)N21. The van der Waals surface area contributed by atoms with Gasteiger partial charge in [0.2, 0.25) is 11.8 Å². The summed E-state index contributed by atoms with van der Waals surface area (Å²) in [5, 5.41) is 2.90. The standard InChI is InChI=1S/C11H18N2O2/c1-7(2)9-6-12-11(15)8-4-3-5-10(14)13(8)9/h7-9H,3-6H2,1-2H3,(H,12,15). The molecule has 2 fully saturated rings. The van der Waals surface area contributed by atoms with E-state index in [1.807, 2.05) is 4.90 Å². The van der Waals surface area contributed by atoms with E-state index >= 15 is 0 Å². The van der Waals surface area contributed by atoms with Gasteiger partial charge in [0.1, 0.15) is 6.04 Å². The van der Waals surface area contributed by atoms with Crippen molar-refractivity contribution in [3.05, 3.63) is 0 Å². The van der Waals surface area contributed by atoms with Crippen molar-refractivity contribution in [2.24, 2.45) is 5.92 Å². The second-order valence-electron chi connectivity index (χ2n) is 4.77. The van der Waals surface area contributed by atoms with Gasteiger partial charge in [-0.2, -0.15) is 0 Å². The Morgan fingerprint density at radius 2 is 2.13 bits per heavy atom. The van der Waals surface area contributed by atoms with Gasteiger partial charge >= 0.3 is 0 Å². The molecule has 0 bridgehead atoms. The molecule has 0 aromatic heterocycles. The predicted molar refractivity (Wildman–Crippen MR) is 56.1 cm³/mol. The Hall–Kier alpha value is -1.06. The van der Waals surface area contributed by atoms with Crippen LogP contribution in [0.5, 0.6) is 0 Å². The van der Waals surface area contributed by atoms with E-state index in [0.717, 1.165) is 12.8 Å². The highest BCUT2D eigenvalue weighted by molar-refractivity contribution is 5.90. The molecule has 4 heteroatoms. The normalized spacial score (nSPS) is 31.5. The van der Waals surface area contributed by atoms with Gasteiger partial charge in [-0.3, -0.25) is 9.59 Å². The maximum absolute atomic E-state index is 11.8. The number of hydrogen-bond acceptors (Lipinski definition) is 2. The topological polar surface area (TPSA) is 49.4 Å². The van der Waals surface area contributed by atoms with Crippen LogP contribution < -0.4 is 5.32 Å². The first kappa shape index (κ1) is 10.5. The van der Waals surface area contributed by atoms with Crippen molar-refractivity contribution in [1.29, 1.82) is 0 Å². The number of fused-ring (bicyclic) bond motifs is 1. The molecule has 0 aliphatic carbocycles. The number of piperidine rings is 1. The fourth-order valence-corrected chi connectivity index (χ4v) is 2.54. The summed E-state index contributed by atoms with van der Waals surface area (Å²) in [6.07, 6.45) is 2.27. The van der Waals surface area contributed by atoms with E-state index in [2.05, 4.69) is 19.2 Å². The summed E-state index contributed by atoms with van der Waals surface area (Å²) >= 11 is 0. The van der Waals surface area contributed by atoms with Gasteiger partial charge in [-0.1, -0.05) is 13.8 Å². The molecule has 2 atom stereocenters. The Kier molecular flexibility index (Phi) is 2.67. The summed E-state index contributed by atoms with van der Waals surface area (Å²) < 4.78 is 0. The number of carbonyl (C=O) groups excluding carboxylic acids is 2. The molecule has 4 nitrogen and oxygen atoms in total. The van der Waals surface area contributed by atoms with Crippen LogP contribution in [-0.2, 0) is 9.59 Å². The zero-order chi connectivity index (χ0) is 11.0. The van der Waals surface area contributed by atoms with Gasteiger partial charge in [0.25, 0.3) is 0 Å². The lowest BCUT2D eigenvalue weighted by Gasteiger charge is -2.45. The van der Waals surface area contributed by atoms with Crippen LogP contribution in [0.15, 0.2) is 0 Å². The van der Waals surface area contributed by atoms with Crippen LogP contribution in [0.3, 0.4) is 0 Å². The molecule has 2 amide bonds. The molecule has 2 aliphatic rings. The maximum atomic E-state index is 11.8. The third-order valence-electron chi connectivity index (χ3n) is 3.41. The minimum absolute atomic E-state index is 0.0277. The second kappa shape index (κ2) is 3.83. The van der Waals surface area contributed by atoms with Crippen LogP contribution in [0.1, 0.15) is 33.1 Å². The van der Waals surface area contributed by atoms with Gasteiger partial charge in [-0.05, 0) is 18.8 Å². The summed E-state index contributed by atoms with van der Waals surface area (Å²) in [5.74, 6) is 0.579. The zero-order valence-electron chi connectivity index (χ0n) is 9.32. The highest BCUT2D eigenvalue weighted by Gasteiger charge is 2.41. The summed E-state index contributed by atoms with van der Waals surface area (Å²) in [5.41, 5.74) is 0. The second-order valence-corrected chi connectivity index (χ2v) is 4.77. The van der Waals surface area contributed by atoms with E-state index in [1.165, 1.54) is 0 Å². The molecule has 2 aliphatic heterocycles. The van der Waals surface area contributed by atoms with Crippen LogP contribution >= 0.6 is 0 Å². The Balaban J connectivity index is 2.23. The number of amides is 2. The van der Waals surface area contributed by atoms with E-state index < -0.39 is 0 Å². The van der Waals surface area contributed by atoms with Gasteiger partial charge in [-0.15, -0.1) is 0 Å². The van der Waals surface area contributed by atoms with Crippen molar-refractivity contribution in [2.75, 3.05) is 6.54 Å². The van der Waals surface area contributed by atoms with E-state index in [4.69, 9.17) is 0 Å². The average molecular weight is 210 g/mol. The van der Waals surface area contributed by atoms with Gasteiger partial charge < -0.3 is 10.2 Å². The Bertz CT molecular complexity index is 288. The maximum Gasteiger partial charge on any atom is 0.242 e. The van der Waals surface area contributed by atoms with Crippen LogP contribution in [0.25, 0.3) is 0 Å². The molecule has 0 saturated carbocycles. The smallest absolute Gasteiger partial charge is 0.242 e. The molecular formula is C11H18N2O2. The van der Waals surface area contributed by atoms with Gasteiger partial charge in [0.15, 0.2) is 0 Å². The van der Waals surface area contributed by atoms with Crippen LogP contribution in [0.2, 0.25) is 0 Å². The van der Waals surface area contributed by atoms with Gasteiger partial charge in [-0.25, -0.2) is 0 Å². The summed E-state index contributed by atoms with van der Waals surface area (Å²) in [6.45, 7) is 4.81. The largest absolute Gasteiger partial charge is 0.352 e. The molecule has 0 spiro atoms. The molecule has 15 heavy (non-hydrogen) atoms. The molecule has 0 aromatic carbocycles. The molecule has 2 rings (SSSR count). The Morgan fingerprint density at radius 1 is 1.40 bits per heavy atom. The van der Waals surface area contributed by atoms with E-state index in [9.17, 15) is 9.59 Å². The quantitative estimate of drug-likeness (QED) is 0.686. The molecule has 2 saturated heterocycles. The molecule has 0 radical (unpaired) electrons. The van der Waals surface area contributed by atoms with Crippen molar-refractivity contribution in [2.45, 2.75) is 45.2 Å². The first-order chi connectivity index (χ1) is 7.11. The zero-order valence-corrected chi connectivity index (χ0v) is 9.32.